The Bertz CT molecular complexity index is 913. The van der Waals surface area contributed by atoms with Gasteiger partial charge in [-0.1, -0.05) is 30.3 Å². The Kier molecular flexibility index (Phi) is 7.45. The van der Waals surface area contributed by atoms with Gasteiger partial charge in [-0.3, -0.25) is 9.59 Å². The molecule has 0 bridgehead atoms. The zero-order chi connectivity index (χ0) is 21.3. The minimum Gasteiger partial charge on any atom is -0.493 e. The first-order valence-electron chi connectivity index (χ1n) is 10.2. The molecule has 0 aliphatic carbocycles. The molecule has 2 aromatic rings. The number of nitriles is 1. The number of piperidine rings is 1. The van der Waals surface area contributed by atoms with E-state index < -0.39 is 0 Å². The van der Waals surface area contributed by atoms with Gasteiger partial charge in [0.15, 0.2) is 17.3 Å². The molecule has 0 radical (unpaired) electrons. The molecule has 30 heavy (non-hydrogen) atoms. The van der Waals surface area contributed by atoms with Crippen LogP contribution in [-0.2, 0) is 4.79 Å². The largest absolute Gasteiger partial charge is 0.493 e. The number of likely N-dealkylation sites (tertiary alicyclic amines) is 1. The number of Topliss-reactive ketones (excluding diaryl/α,β-unsaturated/α-hetero) is 1. The van der Waals surface area contributed by atoms with E-state index in [1.807, 2.05) is 35.2 Å². The molecule has 3 rings (SSSR count). The third-order valence-corrected chi connectivity index (χ3v) is 5.36. The highest BCUT2D eigenvalue weighted by atomic mass is 16.5. The van der Waals surface area contributed by atoms with Crippen LogP contribution < -0.4 is 9.47 Å². The van der Waals surface area contributed by atoms with E-state index in [2.05, 4.69) is 6.07 Å². The molecule has 1 amide bonds. The van der Waals surface area contributed by atoms with Gasteiger partial charge in [0.1, 0.15) is 0 Å². The van der Waals surface area contributed by atoms with Crippen LogP contribution in [0.4, 0.5) is 0 Å². The molecular weight excluding hydrogens is 380 g/mol. The van der Waals surface area contributed by atoms with Crippen molar-refractivity contribution in [1.82, 2.24) is 4.90 Å². The van der Waals surface area contributed by atoms with Gasteiger partial charge in [0, 0.05) is 37.1 Å². The summed E-state index contributed by atoms with van der Waals surface area (Å²) >= 11 is 0. The van der Waals surface area contributed by atoms with Crippen molar-refractivity contribution in [2.75, 3.05) is 26.8 Å². The van der Waals surface area contributed by atoms with Crippen LogP contribution in [0.5, 0.6) is 11.5 Å². The number of benzene rings is 2. The van der Waals surface area contributed by atoms with Crippen molar-refractivity contribution in [3.05, 3.63) is 59.7 Å². The summed E-state index contributed by atoms with van der Waals surface area (Å²) in [5, 5.41) is 8.95. The smallest absolute Gasteiger partial charge is 0.222 e. The Balaban J connectivity index is 1.40. The molecular formula is C24H26N2O4. The number of amides is 1. The normalized spacial score (nSPS) is 14.1. The molecule has 2 aromatic carbocycles. The number of carbonyl (C=O) groups excluding carboxylic acids is 2. The summed E-state index contributed by atoms with van der Waals surface area (Å²) < 4.78 is 11.0. The molecule has 1 heterocycles. The van der Waals surface area contributed by atoms with Gasteiger partial charge in [-0.15, -0.1) is 0 Å². The van der Waals surface area contributed by atoms with Crippen LogP contribution in [0.2, 0.25) is 0 Å². The predicted octanol–water partition coefficient (Wildman–Crippen LogP) is 3.85. The fourth-order valence-electron chi connectivity index (χ4n) is 3.65. The van der Waals surface area contributed by atoms with Gasteiger partial charge in [-0.25, -0.2) is 0 Å². The van der Waals surface area contributed by atoms with Crippen LogP contribution in [0.15, 0.2) is 48.5 Å². The highest BCUT2D eigenvalue weighted by Gasteiger charge is 2.27. The van der Waals surface area contributed by atoms with Crippen molar-refractivity contribution in [1.29, 1.82) is 5.26 Å². The summed E-state index contributed by atoms with van der Waals surface area (Å²) in [6.45, 7) is 1.62. The van der Waals surface area contributed by atoms with Crippen LogP contribution in [0.25, 0.3) is 0 Å². The fraction of sp³-hybridized carbons (Fsp3) is 0.375. The van der Waals surface area contributed by atoms with Gasteiger partial charge in [0.2, 0.25) is 5.91 Å². The van der Waals surface area contributed by atoms with E-state index >= 15 is 0 Å². The second-order valence-electron chi connectivity index (χ2n) is 7.31. The van der Waals surface area contributed by atoms with Crippen LogP contribution in [0.1, 0.15) is 41.6 Å². The molecule has 0 saturated carbocycles. The van der Waals surface area contributed by atoms with Crippen molar-refractivity contribution in [2.24, 2.45) is 5.92 Å². The topological polar surface area (TPSA) is 79.6 Å². The molecule has 0 N–H and O–H groups in total. The molecule has 0 aromatic heterocycles. The number of ketones is 1. The highest BCUT2D eigenvalue weighted by Crippen LogP contribution is 2.28. The maximum absolute atomic E-state index is 12.6. The van der Waals surface area contributed by atoms with Gasteiger partial charge >= 0.3 is 0 Å². The molecule has 0 spiro atoms. The molecule has 1 saturated heterocycles. The Hall–Kier alpha value is -3.33. The first-order valence-corrected chi connectivity index (χ1v) is 10.2. The summed E-state index contributed by atoms with van der Waals surface area (Å²) in [6, 6.07) is 16.4. The first kappa shape index (κ1) is 21.4. The highest BCUT2D eigenvalue weighted by molar-refractivity contribution is 5.98. The number of hydrogen-bond donors (Lipinski definition) is 0. The van der Waals surface area contributed by atoms with E-state index in [9.17, 15) is 9.59 Å². The SMILES string of the molecule is COc1cc(C#N)ccc1OCCCC(=O)N1CCC(C(=O)c2ccccc2)CC1. The van der Waals surface area contributed by atoms with Crippen LogP contribution in [0, 0.1) is 17.2 Å². The first-order chi connectivity index (χ1) is 14.6. The van der Waals surface area contributed by atoms with Crippen LogP contribution in [0.3, 0.4) is 0 Å². The van der Waals surface area contributed by atoms with Gasteiger partial charge in [-0.2, -0.15) is 5.26 Å². The average molecular weight is 406 g/mol. The Morgan fingerprint density at radius 3 is 2.50 bits per heavy atom. The summed E-state index contributed by atoms with van der Waals surface area (Å²) in [4.78, 5) is 26.9. The maximum atomic E-state index is 12.6. The van der Waals surface area contributed by atoms with E-state index in [-0.39, 0.29) is 17.6 Å². The number of carbonyl (C=O) groups is 2. The summed E-state index contributed by atoms with van der Waals surface area (Å²) in [7, 11) is 1.53. The lowest BCUT2D eigenvalue weighted by Crippen LogP contribution is -2.40. The molecule has 0 unspecified atom stereocenters. The quantitative estimate of drug-likeness (QED) is 0.491. The van der Waals surface area contributed by atoms with Crippen molar-refractivity contribution in [3.8, 4) is 17.6 Å². The zero-order valence-corrected chi connectivity index (χ0v) is 17.2. The molecule has 1 aliphatic rings. The number of nitrogens with zero attached hydrogens (tertiary/aromatic N) is 2. The third-order valence-electron chi connectivity index (χ3n) is 5.36. The van der Waals surface area contributed by atoms with Gasteiger partial charge in [-0.05, 0) is 31.4 Å². The summed E-state index contributed by atoms with van der Waals surface area (Å²) in [6.07, 6.45) is 2.40. The standard InChI is InChI=1S/C24H26N2O4/c1-29-22-16-18(17-25)9-10-21(22)30-15-5-8-23(27)26-13-11-20(12-14-26)24(28)19-6-3-2-4-7-19/h2-4,6-7,9-10,16,20H,5,8,11-15H2,1H3. The minimum absolute atomic E-state index is 0.0105. The third kappa shape index (κ3) is 5.38. The molecule has 0 atom stereocenters. The predicted molar refractivity (Wildman–Crippen MR) is 113 cm³/mol. The lowest BCUT2D eigenvalue weighted by molar-refractivity contribution is -0.132. The minimum atomic E-state index is -0.0105. The Labute approximate surface area is 177 Å². The average Bonchev–Trinajstić information content (AvgIpc) is 2.81. The molecule has 156 valence electrons. The van der Waals surface area contributed by atoms with E-state index in [0.29, 0.717) is 62.4 Å². The van der Waals surface area contributed by atoms with E-state index in [0.717, 1.165) is 5.56 Å². The maximum Gasteiger partial charge on any atom is 0.222 e. The van der Waals surface area contributed by atoms with Crippen LogP contribution >= 0.6 is 0 Å². The van der Waals surface area contributed by atoms with Crippen molar-refractivity contribution in [3.63, 3.8) is 0 Å². The second-order valence-corrected chi connectivity index (χ2v) is 7.31. The number of hydrogen-bond acceptors (Lipinski definition) is 5. The fourth-order valence-corrected chi connectivity index (χ4v) is 3.65. The lowest BCUT2D eigenvalue weighted by Gasteiger charge is -2.31. The van der Waals surface area contributed by atoms with E-state index in [1.165, 1.54) is 7.11 Å². The Morgan fingerprint density at radius 2 is 1.83 bits per heavy atom. The second kappa shape index (κ2) is 10.4. The molecule has 6 heteroatoms. The Morgan fingerprint density at radius 1 is 1.10 bits per heavy atom. The summed E-state index contributed by atoms with van der Waals surface area (Å²) in [5.74, 6) is 1.32. The monoisotopic (exact) mass is 406 g/mol. The number of rotatable bonds is 8. The molecule has 6 nitrogen and oxygen atoms in total. The van der Waals surface area contributed by atoms with E-state index in [1.54, 1.807) is 18.2 Å². The van der Waals surface area contributed by atoms with Crippen molar-refractivity contribution < 1.29 is 19.1 Å². The lowest BCUT2D eigenvalue weighted by atomic mass is 9.89. The number of ether oxygens (including phenoxy) is 2. The van der Waals surface area contributed by atoms with E-state index in [4.69, 9.17) is 14.7 Å². The zero-order valence-electron chi connectivity index (χ0n) is 17.2. The van der Waals surface area contributed by atoms with Gasteiger partial charge in [0.25, 0.3) is 0 Å². The molecule has 1 aliphatic heterocycles. The summed E-state index contributed by atoms with van der Waals surface area (Å²) in [5.41, 5.74) is 1.25. The van der Waals surface area contributed by atoms with Gasteiger partial charge < -0.3 is 14.4 Å². The number of methoxy groups -OCH3 is 1. The van der Waals surface area contributed by atoms with Crippen molar-refractivity contribution in [2.45, 2.75) is 25.7 Å². The van der Waals surface area contributed by atoms with Crippen molar-refractivity contribution >= 4 is 11.7 Å². The van der Waals surface area contributed by atoms with Crippen LogP contribution in [-0.4, -0.2) is 43.4 Å². The molecule has 1 fully saturated rings. The van der Waals surface area contributed by atoms with Gasteiger partial charge in [0.05, 0.1) is 25.3 Å².